The van der Waals surface area contributed by atoms with Crippen molar-refractivity contribution in [2.45, 2.75) is 37.9 Å². The average Bonchev–Trinajstić information content (AvgIpc) is 3.26. The van der Waals surface area contributed by atoms with Crippen LogP contribution in [0, 0.1) is 11.8 Å². The number of alkyl halides is 1. The van der Waals surface area contributed by atoms with E-state index in [1.807, 2.05) is 37.3 Å². The fourth-order valence-corrected chi connectivity index (χ4v) is 4.29. The molecule has 0 radical (unpaired) electrons. The molecule has 1 aromatic carbocycles. The predicted octanol–water partition coefficient (Wildman–Crippen LogP) is 3.08. The Kier molecular flexibility index (Phi) is 5.25. The summed E-state index contributed by atoms with van der Waals surface area (Å²) in [6, 6.07) is 9.60. The molecule has 0 aromatic heterocycles. The second-order valence-corrected chi connectivity index (χ2v) is 7.83. The maximum atomic E-state index is 12.7. The first-order valence-corrected chi connectivity index (χ1v) is 9.96. The molecule has 0 amide bonds. The zero-order chi connectivity index (χ0) is 19.7. The molecule has 1 saturated carbocycles. The minimum absolute atomic E-state index is 0.0356. The third-order valence-electron chi connectivity index (χ3n) is 5.69. The molecule has 3 aliphatic rings. The molecule has 0 bridgehead atoms. The van der Waals surface area contributed by atoms with Crippen LogP contribution in [-0.4, -0.2) is 36.4 Å². The second kappa shape index (κ2) is 7.68. The molecular weight excluding hydrogens is 382 g/mol. The molecule has 2 aliphatic heterocycles. The highest BCUT2D eigenvalue weighted by atomic mass is 35.5. The SMILES string of the molecule is C=C(NCCCl)OC1OC=C(C(=O)OCc2ccccc2)C2CC3O[C@]3(C)C12. The first kappa shape index (κ1) is 19.2. The number of carbonyl (C=O) groups is 1. The molecule has 1 N–H and O–H groups in total. The molecule has 1 aliphatic carbocycles. The number of esters is 1. The minimum atomic E-state index is -0.580. The first-order chi connectivity index (χ1) is 13.5. The standard InChI is InChI=1S/C21H24ClNO5/c1-13(23-9-8-22)27-20-18-15(10-17-21(18,2)28-17)16(12-26-20)19(24)25-11-14-6-4-3-5-7-14/h3-7,12,15,17-18,20,23H,1,8-11H2,2H3/t15?,17?,18?,20?,21-/m0/s1. The van der Waals surface area contributed by atoms with Crippen molar-refractivity contribution in [1.82, 2.24) is 5.32 Å². The Hall–Kier alpha value is -2.18. The third kappa shape index (κ3) is 3.59. The summed E-state index contributed by atoms with van der Waals surface area (Å²) in [4.78, 5) is 12.7. The third-order valence-corrected chi connectivity index (χ3v) is 5.88. The monoisotopic (exact) mass is 405 g/mol. The number of nitrogens with one attached hydrogen (secondary N) is 1. The summed E-state index contributed by atoms with van der Waals surface area (Å²) in [5.41, 5.74) is 1.12. The topological polar surface area (TPSA) is 69.3 Å². The average molecular weight is 406 g/mol. The number of fused-ring (bicyclic) bond motifs is 3. The Labute approximate surface area is 169 Å². The number of carbonyl (C=O) groups excluding carboxylic acids is 1. The molecule has 4 rings (SSSR count). The van der Waals surface area contributed by atoms with Crippen molar-refractivity contribution < 1.29 is 23.7 Å². The van der Waals surface area contributed by atoms with Crippen LogP contribution in [0.4, 0.5) is 0 Å². The van der Waals surface area contributed by atoms with Gasteiger partial charge in [0.2, 0.25) is 6.29 Å². The largest absolute Gasteiger partial charge is 0.461 e. The first-order valence-electron chi connectivity index (χ1n) is 9.42. The Morgan fingerprint density at radius 3 is 2.93 bits per heavy atom. The quantitative estimate of drug-likeness (QED) is 0.310. The highest BCUT2D eigenvalue weighted by Gasteiger charge is 2.70. The van der Waals surface area contributed by atoms with Crippen LogP contribution in [-0.2, 0) is 30.3 Å². The number of hydrogen-bond acceptors (Lipinski definition) is 6. The van der Waals surface area contributed by atoms with Gasteiger partial charge in [-0.15, -0.1) is 11.6 Å². The summed E-state index contributed by atoms with van der Waals surface area (Å²) in [5, 5.41) is 2.99. The van der Waals surface area contributed by atoms with Gasteiger partial charge in [0.1, 0.15) is 12.2 Å². The molecule has 1 aromatic rings. The van der Waals surface area contributed by atoms with Gasteiger partial charge in [-0.05, 0) is 25.5 Å². The van der Waals surface area contributed by atoms with Crippen LogP contribution in [0.15, 0.2) is 54.6 Å². The molecule has 0 spiro atoms. The molecule has 2 fully saturated rings. The minimum Gasteiger partial charge on any atom is -0.461 e. The van der Waals surface area contributed by atoms with Crippen molar-refractivity contribution in [3.63, 3.8) is 0 Å². The summed E-state index contributed by atoms with van der Waals surface area (Å²) in [5.74, 6) is 0.324. The highest BCUT2D eigenvalue weighted by Crippen LogP contribution is 2.61. The number of halogens is 1. The molecule has 5 atom stereocenters. The summed E-state index contributed by atoms with van der Waals surface area (Å²) < 4.78 is 23.0. The molecule has 4 unspecified atom stereocenters. The highest BCUT2D eigenvalue weighted by molar-refractivity contribution is 6.18. The Morgan fingerprint density at radius 1 is 1.39 bits per heavy atom. The van der Waals surface area contributed by atoms with Gasteiger partial charge < -0.3 is 24.3 Å². The van der Waals surface area contributed by atoms with E-state index >= 15 is 0 Å². The van der Waals surface area contributed by atoms with Gasteiger partial charge in [0.15, 0.2) is 5.88 Å². The molecule has 6 nitrogen and oxygen atoms in total. The number of epoxide rings is 1. The lowest BCUT2D eigenvalue weighted by molar-refractivity contribution is -0.161. The van der Waals surface area contributed by atoms with Crippen LogP contribution in [0.2, 0.25) is 0 Å². The maximum Gasteiger partial charge on any atom is 0.337 e. The zero-order valence-electron chi connectivity index (χ0n) is 15.7. The Morgan fingerprint density at radius 2 is 2.18 bits per heavy atom. The van der Waals surface area contributed by atoms with Gasteiger partial charge in [0, 0.05) is 18.3 Å². The predicted molar refractivity (Wildman–Crippen MR) is 103 cm³/mol. The van der Waals surface area contributed by atoms with Crippen LogP contribution in [0.5, 0.6) is 0 Å². The van der Waals surface area contributed by atoms with Crippen molar-refractivity contribution in [3.8, 4) is 0 Å². The summed E-state index contributed by atoms with van der Waals surface area (Å²) in [6.45, 7) is 6.66. The van der Waals surface area contributed by atoms with Crippen molar-refractivity contribution in [3.05, 3.63) is 60.2 Å². The van der Waals surface area contributed by atoms with Gasteiger partial charge in [0.25, 0.3) is 0 Å². The molecule has 150 valence electrons. The number of hydrogen-bond donors (Lipinski definition) is 1. The van der Waals surface area contributed by atoms with E-state index < -0.39 is 6.29 Å². The van der Waals surface area contributed by atoms with Gasteiger partial charge in [-0.3, -0.25) is 0 Å². The second-order valence-electron chi connectivity index (χ2n) is 7.45. The number of rotatable bonds is 8. The van der Waals surface area contributed by atoms with E-state index in [1.165, 1.54) is 6.26 Å². The molecular formula is C21H24ClNO5. The van der Waals surface area contributed by atoms with E-state index in [9.17, 15) is 4.79 Å². The lowest BCUT2D eigenvalue weighted by Gasteiger charge is -2.36. The van der Waals surface area contributed by atoms with Crippen molar-refractivity contribution in [1.29, 1.82) is 0 Å². The van der Waals surface area contributed by atoms with E-state index in [1.54, 1.807) is 0 Å². The fraction of sp³-hybridized carbons (Fsp3) is 0.476. The van der Waals surface area contributed by atoms with Gasteiger partial charge >= 0.3 is 5.97 Å². The van der Waals surface area contributed by atoms with E-state index in [0.717, 1.165) is 12.0 Å². The molecule has 28 heavy (non-hydrogen) atoms. The zero-order valence-corrected chi connectivity index (χ0v) is 16.5. The van der Waals surface area contributed by atoms with Gasteiger partial charge in [-0.25, -0.2) is 4.79 Å². The van der Waals surface area contributed by atoms with Crippen molar-refractivity contribution in [2.75, 3.05) is 12.4 Å². The van der Waals surface area contributed by atoms with E-state index in [-0.39, 0.29) is 36.1 Å². The normalized spacial score (nSPS) is 32.3. The number of benzene rings is 1. The van der Waals surface area contributed by atoms with Crippen LogP contribution in [0.3, 0.4) is 0 Å². The molecule has 2 heterocycles. The summed E-state index contributed by atoms with van der Waals surface area (Å²) in [6.07, 6.45) is 1.74. The van der Waals surface area contributed by atoms with Crippen LogP contribution in [0.25, 0.3) is 0 Å². The summed E-state index contributed by atoms with van der Waals surface area (Å²) >= 11 is 5.69. The smallest absolute Gasteiger partial charge is 0.337 e. The van der Waals surface area contributed by atoms with E-state index in [4.69, 9.17) is 30.5 Å². The van der Waals surface area contributed by atoms with E-state index in [2.05, 4.69) is 11.9 Å². The van der Waals surface area contributed by atoms with Gasteiger partial charge in [-0.2, -0.15) is 0 Å². The molecule has 1 saturated heterocycles. The van der Waals surface area contributed by atoms with Crippen LogP contribution >= 0.6 is 11.6 Å². The lowest BCUT2D eigenvalue weighted by Crippen LogP contribution is -2.43. The Balaban J connectivity index is 1.45. The van der Waals surface area contributed by atoms with Gasteiger partial charge in [-0.1, -0.05) is 30.3 Å². The Bertz CT molecular complexity index is 782. The van der Waals surface area contributed by atoms with E-state index in [0.29, 0.717) is 23.9 Å². The fourth-order valence-electron chi connectivity index (χ4n) is 4.19. The maximum absolute atomic E-state index is 12.7. The van der Waals surface area contributed by atoms with Crippen molar-refractivity contribution >= 4 is 17.6 Å². The number of ether oxygens (including phenoxy) is 4. The van der Waals surface area contributed by atoms with Crippen molar-refractivity contribution in [2.24, 2.45) is 11.8 Å². The van der Waals surface area contributed by atoms with Crippen LogP contribution < -0.4 is 5.32 Å². The van der Waals surface area contributed by atoms with Crippen LogP contribution in [0.1, 0.15) is 18.9 Å². The molecule has 7 heteroatoms. The van der Waals surface area contributed by atoms with Gasteiger partial charge in [0.05, 0.1) is 23.9 Å². The lowest BCUT2D eigenvalue weighted by atomic mass is 9.82. The summed E-state index contributed by atoms with van der Waals surface area (Å²) in [7, 11) is 0.